The highest BCUT2D eigenvalue weighted by Crippen LogP contribution is 2.27. The van der Waals surface area contributed by atoms with Gasteiger partial charge in [0.25, 0.3) is 10.2 Å². The topological polar surface area (TPSA) is 135 Å². The Balaban J connectivity index is 2.01. The number of carbonyl (C=O) groups is 1. The Morgan fingerprint density at radius 2 is 1.64 bits per heavy atom. The predicted molar refractivity (Wildman–Crippen MR) is 140 cm³/mol. The molecule has 0 aliphatic carbocycles. The van der Waals surface area contributed by atoms with Crippen LogP contribution in [0.1, 0.15) is 16.0 Å². The number of aromatic nitrogens is 1. The maximum Gasteiger partial charge on any atom is 0.404 e. The number of aliphatic hydroxyl groups is 1. The lowest BCUT2D eigenvalue weighted by molar-refractivity contribution is -0.0317. The molecular weight excluding hydrogens is 500 g/mol. The number of hydrogen-bond donors (Lipinski definition) is 3. The number of ether oxygens (including phenoxy) is 1. The van der Waals surface area contributed by atoms with Crippen LogP contribution in [0.15, 0.2) is 72.4 Å². The number of primary amides is 1. The number of hydrogen-bond acceptors (Lipinski definition) is 7. The lowest BCUT2D eigenvalue weighted by atomic mass is 9.83. The van der Waals surface area contributed by atoms with Gasteiger partial charge in [0.15, 0.2) is 0 Å². The van der Waals surface area contributed by atoms with Crippen LogP contribution in [0.25, 0.3) is 0 Å². The smallest absolute Gasteiger partial charge is 0.404 e. The second-order valence-corrected chi connectivity index (χ2v) is 11.6. The van der Waals surface area contributed by atoms with Crippen molar-refractivity contribution >= 4 is 27.6 Å². The average Bonchev–Trinajstić information content (AvgIpc) is 3.35. The molecule has 0 fully saturated rings. The second kappa shape index (κ2) is 12.9. The van der Waals surface area contributed by atoms with Crippen LogP contribution in [-0.4, -0.2) is 61.3 Å². The summed E-state index contributed by atoms with van der Waals surface area (Å²) in [4.78, 5) is 16.8. The first-order valence-corrected chi connectivity index (χ1v) is 13.8. The fourth-order valence-corrected chi connectivity index (χ4v) is 5.54. The zero-order chi connectivity index (χ0) is 26.1. The van der Waals surface area contributed by atoms with Gasteiger partial charge in [0.05, 0.1) is 11.6 Å². The molecule has 0 aliphatic heterocycles. The molecule has 0 saturated heterocycles. The Morgan fingerprint density at radius 1 is 1.06 bits per heavy atom. The van der Waals surface area contributed by atoms with E-state index in [2.05, 4.69) is 9.71 Å². The zero-order valence-electron chi connectivity index (χ0n) is 20.2. The van der Waals surface area contributed by atoms with Crippen molar-refractivity contribution in [2.75, 3.05) is 14.1 Å². The highest BCUT2D eigenvalue weighted by atomic mass is 32.2. The SMILES string of the molecule is CN(C)S(=O)(=O)NC(Cc1ccccc1)C(Cc1cncs1)C(O)C(Cc1ccccc1)OC(N)=O. The predicted octanol–water partition coefficient (Wildman–Crippen LogP) is 2.38. The van der Waals surface area contributed by atoms with Gasteiger partial charge in [0.2, 0.25) is 0 Å². The molecular formula is C25H32N4O5S2. The third-order valence-corrected chi connectivity index (χ3v) is 8.25. The van der Waals surface area contributed by atoms with Gasteiger partial charge in [-0.15, -0.1) is 11.3 Å². The summed E-state index contributed by atoms with van der Waals surface area (Å²) in [7, 11) is -0.984. The van der Waals surface area contributed by atoms with Crippen LogP contribution in [-0.2, 0) is 34.2 Å². The molecule has 3 rings (SSSR count). The molecule has 1 aromatic heterocycles. The van der Waals surface area contributed by atoms with Gasteiger partial charge in [0.1, 0.15) is 6.10 Å². The van der Waals surface area contributed by atoms with Crippen LogP contribution in [0.4, 0.5) is 4.79 Å². The third-order valence-electron chi connectivity index (χ3n) is 5.88. The van der Waals surface area contributed by atoms with E-state index in [0.29, 0.717) is 12.8 Å². The van der Waals surface area contributed by atoms with Crippen LogP contribution in [0.2, 0.25) is 0 Å². The quantitative estimate of drug-likeness (QED) is 0.309. The van der Waals surface area contributed by atoms with Gasteiger partial charge in [-0.1, -0.05) is 60.7 Å². The Kier molecular flexibility index (Phi) is 9.97. The summed E-state index contributed by atoms with van der Waals surface area (Å²) in [6, 6.07) is 18.0. The number of thiazole rings is 1. The van der Waals surface area contributed by atoms with Gasteiger partial charge < -0.3 is 15.6 Å². The summed E-state index contributed by atoms with van der Waals surface area (Å²) in [5, 5.41) is 11.7. The highest BCUT2D eigenvalue weighted by molar-refractivity contribution is 7.87. The molecule has 9 nitrogen and oxygen atoms in total. The van der Waals surface area contributed by atoms with Crippen molar-refractivity contribution in [1.29, 1.82) is 0 Å². The Morgan fingerprint density at radius 3 is 2.14 bits per heavy atom. The largest absolute Gasteiger partial charge is 0.443 e. The van der Waals surface area contributed by atoms with Gasteiger partial charge >= 0.3 is 6.09 Å². The molecule has 0 bridgehead atoms. The van der Waals surface area contributed by atoms with E-state index in [0.717, 1.165) is 20.3 Å². The minimum Gasteiger partial charge on any atom is -0.443 e. The van der Waals surface area contributed by atoms with E-state index in [1.54, 1.807) is 11.7 Å². The number of nitrogens with two attached hydrogens (primary N) is 1. The van der Waals surface area contributed by atoms with E-state index in [-0.39, 0.29) is 6.42 Å². The van der Waals surface area contributed by atoms with Crippen molar-refractivity contribution in [2.45, 2.75) is 37.5 Å². The molecule has 1 heterocycles. The van der Waals surface area contributed by atoms with Gasteiger partial charge in [-0.2, -0.15) is 17.4 Å². The minimum absolute atomic E-state index is 0.211. The first-order chi connectivity index (χ1) is 17.2. The molecule has 194 valence electrons. The number of aliphatic hydroxyl groups excluding tert-OH is 1. The van der Waals surface area contributed by atoms with E-state index in [4.69, 9.17) is 10.5 Å². The van der Waals surface area contributed by atoms with Crippen LogP contribution in [0.5, 0.6) is 0 Å². The Hall–Kier alpha value is -2.83. The Bertz CT molecular complexity index is 1180. The molecule has 0 radical (unpaired) electrons. The van der Waals surface area contributed by atoms with Gasteiger partial charge in [-0.05, 0) is 24.0 Å². The first kappa shape index (κ1) is 27.8. The standard InChI is InChI=1S/C25H32N4O5S2/c1-29(2)36(32,33)28-22(13-18-9-5-3-6-10-18)21(15-20-16-27-17-35-20)24(30)23(34-25(26)31)14-19-11-7-4-8-12-19/h3-12,16-17,21-24,28,30H,13-15H2,1-2H3,(H2,26,31). The monoisotopic (exact) mass is 532 g/mol. The molecule has 4 atom stereocenters. The number of rotatable bonds is 13. The van der Waals surface area contributed by atoms with E-state index in [1.807, 2.05) is 60.7 Å². The fourth-order valence-electron chi connectivity index (χ4n) is 4.02. The average molecular weight is 533 g/mol. The van der Waals surface area contributed by atoms with Gasteiger partial charge in [-0.3, -0.25) is 4.98 Å². The van der Waals surface area contributed by atoms with E-state index in [9.17, 15) is 18.3 Å². The summed E-state index contributed by atoms with van der Waals surface area (Å²) in [5.74, 6) is -0.673. The van der Waals surface area contributed by atoms with Crippen molar-refractivity contribution in [1.82, 2.24) is 14.0 Å². The van der Waals surface area contributed by atoms with Gasteiger partial charge in [0, 0.05) is 43.5 Å². The second-order valence-electron chi connectivity index (χ2n) is 8.69. The normalized spacial score (nSPS) is 15.2. The van der Waals surface area contributed by atoms with Crippen LogP contribution >= 0.6 is 11.3 Å². The summed E-state index contributed by atoms with van der Waals surface area (Å²) in [6.07, 6.45) is -0.729. The van der Waals surface area contributed by atoms with E-state index in [1.165, 1.54) is 25.4 Å². The maximum absolute atomic E-state index is 12.9. The maximum atomic E-state index is 12.9. The molecule has 0 aliphatic rings. The molecule has 0 spiro atoms. The van der Waals surface area contributed by atoms with Crippen molar-refractivity contribution in [3.8, 4) is 0 Å². The van der Waals surface area contributed by atoms with Crippen molar-refractivity contribution in [3.63, 3.8) is 0 Å². The molecule has 3 aromatic rings. The van der Waals surface area contributed by atoms with Gasteiger partial charge in [-0.25, -0.2) is 4.79 Å². The van der Waals surface area contributed by atoms with Crippen LogP contribution in [0, 0.1) is 5.92 Å². The number of carbonyl (C=O) groups excluding carboxylic acids is 1. The zero-order valence-corrected chi connectivity index (χ0v) is 21.9. The summed E-state index contributed by atoms with van der Waals surface area (Å²) in [6.45, 7) is 0. The van der Waals surface area contributed by atoms with E-state index < -0.39 is 40.5 Å². The molecule has 0 saturated carbocycles. The lowest BCUT2D eigenvalue weighted by Crippen LogP contribution is -2.53. The van der Waals surface area contributed by atoms with Crippen molar-refractivity contribution in [3.05, 3.63) is 88.4 Å². The molecule has 1 amide bonds. The molecule has 11 heteroatoms. The highest BCUT2D eigenvalue weighted by Gasteiger charge is 2.38. The van der Waals surface area contributed by atoms with Crippen molar-refractivity contribution < 1.29 is 23.1 Å². The van der Waals surface area contributed by atoms with E-state index >= 15 is 0 Å². The number of nitrogens with one attached hydrogen (secondary N) is 1. The molecule has 4 unspecified atom stereocenters. The summed E-state index contributed by atoms with van der Waals surface area (Å²) >= 11 is 1.40. The first-order valence-electron chi connectivity index (χ1n) is 11.4. The van der Waals surface area contributed by atoms with Crippen LogP contribution in [0.3, 0.4) is 0 Å². The third kappa shape index (κ3) is 8.10. The molecule has 36 heavy (non-hydrogen) atoms. The number of amides is 1. The van der Waals surface area contributed by atoms with Crippen molar-refractivity contribution in [2.24, 2.45) is 11.7 Å². The molecule has 4 N–H and O–H groups in total. The number of benzene rings is 2. The Labute approximate surface area is 216 Å². The van der Waals surface area contributed by atoms with Crippen LogP contribution < -0.4 is 10.5 Å². The summed E-state index contributed by atoms with van der Waals surface area (Å²) in [5.41, 5.74) is 8.77. The minimum atomic E-state index is -3.86. The lowest BCUT2D eigenvalue weighted by Gasteiger charge is -2.35. The fraction of sp³-hybridized carbons (Fsp3) is 0.360. The molecule has 2 aromatic carbocycles. The summed E-state index contributed by atoms with van der Waals surface area (Å²) < 4.78 is 35.1. The number of nitrogens with zero attached hydrogens (tertiary/aromatic N) is 2.